The van der Waals surface area contributed by atoms with Crippen molar-refractivity contribution in [2.75, 3.05) is 6.61 Å². The van der Waals surface area contributed by atoms with Crippen molar-refractivity contribution in [1.82, 2.24) is 0 Å². The Morgan fingerprint density at radius 2 is 2.21 bits per heavy atom. The first-order valence-electron chi connectivity index (χ1n) is 9.04. The highest BCUT2D eigenvalue weighted by atomic mass is 16.6. The highest BCUT2D eigenvalue weighted by molar-refractivity contribution is 6.23. The number of Topliss-reactive ketones (excluding diaryl/α,β-unsaturated/α-hetero) is 1. The third-order valence-corrected chi connectivity index (χ3v) is 5.32. The number of aliphatic hydroxyl groups excluding tert-OH is 1. The zero-order valence-electron chi connectivity index (χ0n) is 14.4. The average molecular weight is 333 g/mol. The quantitative estimate of drug-likeness (QED) is 0.253. The first-order valence-corrected chi connectivity index (χ1v) is 9.04. The number of carbonyl (C=O) groups is 1. The first kappa shape index (κ1) is 17.2. The topological polar surface area (TPSA) is 71.4 Å². The van der Waals surface area contributed by atoms with E-state index in [2.05, 4.69) is 11.7 Å². The van der Waals surface area contributed by atoms with Crippen molar-refractivity contribution in [2.45, 2.75) is 64.1 Å². The van der Waals surface area contributed by atoms with E-state index in [1.54, 1.807) is 6.08 Å². The van der Waals surface area contributed by atoms with Crippen LogP contribution in [0, 0.1) is 11.8 Å². The van der Waals surface area contributed by atoms with Gasteiger partial charge in [-0.2, -0.15) is 0 Å². The van der Waals surface area contributed by atoms with Crippen LogP contribution in [0.25, 0.3) is 0 Å². The number of allylic oxidation sites excluding steroid dienone is 2. The van der Waals surface area contributed by atoms with Gasteiger partial charge in [-0.3, -0.25) is 4.79 Å². The van der Waals surface area contributed by atoms with Crippen LogP contribution in [0.15, 0.2) is 29.1 Å². The van der Waals surface area contributed by atoms with Gasteiger partial charge in [-0.25, -0.2) is 0 Å². The van der Waals surface area contributed by atoms with Gasteiger partial charge in [0, 0.05) is 12.8 Å². The lowest BCUT2D eigenvalue weighted by Crippen LogP contribution is -2.31. The van der Waals surface area contributed by atoms with Crippen LogP contribution < -0.4 is 0 Å². The molecule has 5 nitrogen and oxygen atoms in total. The first-order chi connectivity index (χ1) is 11.6. The average Bonchev–Trinajstić information content (AvgIpc) is 3.33. The Hall–Kier alpha value is -1.62. The molecule has 24 heavy (non-hydrogen) atoms. The molecule has 2 fully saturated rings. The van der Waals surface area contributed by atoms with Crippen LogP contribution in [0.3, 0.4) is 0 Å². The summed E-state index contributed by atoms with van der Waals surface area (Å²) in [5.74, 6) is 0.884. The van der Waals surface area contributed by atoms with E-state index >= 15 is 0 Å². The van der Waals surface area contributed by atoms with Crippen molar-refractivity contribution in [3.05, 3.63) is 24.0 Å². The van der Waals surface area contributed by atoms with Crippen LogP contribution in [-0.4, -0.2) is 35.4 Å². The molecule has 0 bridgehead atoms. The van der Waals surface area contributed by atoms with Gasteiger partial charge in [-0.1, -0.05) is 31.2 Å². The molecule has 1 saturated carbocycles. The molecule has 1 aliphatic heterocycles. The number of hydrogen-bond acceptors (Lipinski definition) is 5. The zero-order chi connectivity index (χ0) is 17.1. The van der Waals surface area contributed by atoms with E-state index in [4.69, 9.17) is 9.57 Å². The van der Waals surface area contributed by atoms with Gasteiger partial charge in [0.15, 0.2) is 5.78 Å². The maximum absolute atomic E-state index is 12.7. The minimum Gasteiger partial charge on any atom is -0.511 e. The Kier molecular flexibility index (Phi) is 5.39. The van der Waals surface area contributed by atoms with Crippen LogP contribution in [0.1, 0.15) is 51.9 Å². The van der Waals surface area contributed by atoms with E-state index in [-0.39, 0.29) is 17.5 Å². The number of aliphatic hydroxyl groups is 1. The van der Waals surface area contributed by atoms with Crippen LogP contribution in [0.2, 0.25) is 0 Å². The number of oxime groups is 1. The SMILES string of the molecule is C=CCO/N=C(\CCC)C1=C(O)CC(C2CCC3OC3C2)CC1=O. The smallest absolute Gasteiger partial charge is 0.168 e. The minimum absolute atomic E-state index is 0.00279. The van der Waals surface area contributed by atoms with Gasteiger partial charge in [-0.15, -0.1) is 0 Å². The molecular formula is C19H27NO4. The van der Waals surface area contributed by atoms with Gasteiger partial charge in [0.2, 0.25) is 0 Å². The third-order valence-electron chi connectivity index (χ3n) is 5.32. The molecule has 1 N–H and O–H groups in total. The van der Waals surface area contributed by atoms with Gasteiger partial charge in [0.25, 0.3) is 0 Å². The molecule has 0 aromatic rings. The lowest BCUT2D eigenvalue weighted by molar-refractivity contribution is -0.117. The molecular weight excluding hydrogens is 306 g/mol. The Morgan fingerprint density at radius 1 is 1.38 bits per heavy atom. The Morgan fingerprint density at radius 3 is 2.88 bits per heavy atom. The molecule has 132 valence electrons. The molecule has 0 spiro atoms. The molecule has 4 unspecified atom stereocenters. The molecule has 3 rings (SSSR count). The Labute approximate surface area is 143 Å². The van der Waals surface area contributed by atoms with E-state index in [1.165, 1.54) is 0 Å². The van der Waals surface area contributed by atoms with E-state index in [1.807, 2.05) is 6.92 Å². The second-order valence-corrected chi connectivity index (χ2v) is 7.07. The summed E-state index contributed by atoms with van der Waals surface area (Å²) < 4.78 is 5.60. The number of epoxide rings is 1. The standard InChI is InChI=1S/C19H27NO4/c1-3-5-14(20-23-8-4-2)19-15(21)9-13(10-16(19)22)12-6-7-17-18(11-12)24-17/h4,12-13,17-18,21H,2-3,5-11H2,1H3/b20-14+. The Bertz CT molecular complexity index is 566. The van der Waals surface area contributed by atoms with E-state index in [0.29, 0.717) is 55.3 Å². The maximum Gasteiger partial charge on any atom is 0.168 e. The number of fused-ring (bicyclic) bond motifs is 1. The summed E-state index contributed by atoms with van der Waals surface area (Å²) in [6.45, 7) is 5.90. The van der Waals surface area contributed by atoms with Gasteiger partial charge < -0.3 is 14.7 Å². The van der Waals surface area contributed by atoms with Crippen molar-refractivity contribution >= 4 is 11.5 Å². The van der Waals surface area contributed by atoms with E-state index in [0.717, 1.165) is 25.7 Å². The van der Waals surface area contributed by atoms with E-state index in [9.17, 15) is 9.90 Å². The molecule has 4 atom stereocenters. The largest absolute Gasteiger partial charge is 0.511 e. The molecule has 2 aliphatic carbocycles. The summed E-state index contributed by atoms with van der Waals surface area (Å²) in [7, 11) is 0. The van der Waals surface area contributed by atoms with Gasteiger partial charge >= 0.3 is 0 Å². The zero-order valence-corrected chi connectivity index (χ0v) is 14.4. The summed E-state index contributed by atoms with van der Waals surface area (Å²) in [6.07, 6.45) is 8.20. The number of ether oxygens (including phenoxy) is 1. The number of carbonyl (C=O) groups excluding carboxylic acids is 1. The molecule has 0 aromatic heterocycles. The van der Waals surface area contributed by atoms with E-state index < -0.39 is 0 Å². The normalized spacial score (nSPS) is 33.2. The maximum atomic E-state index is 12.7. The lowest BCUT2D eigenvalue weighted by Gasteiger charge is -2.31. The number of nitrogens with zero attached hydrogens (tertiary/aromatic N) is 1. The van der Waals surface area contributed by atoms with Gasteiger partial charge in [0.1, 0.15) is 12.4 Å². The number of hydrogen-bond donors (Lipinski definition) is 1. The van der Waals surface area contributed by atoms with Gasteiger partial charge in [0.05, 0.1) is 23.5 Å². The van der Waals surface area contributed by atoms with Crippen LogP contribution in [0.4, 0.5) is 0 Å². The second-order valence-electron chi connectivity index (χ2n) is 7.07. The second kappa shape index (κ2) is 7.51. The summed E-state index contributed by atoms with van der Waals surface area (Å²) in [4.78, 5) is 17.9. The summed E-state index contributed by atoms with van der Waals surface area (Å²) in [6, 6.07) is 0. The molecule has 0 radical (unpaired) electrons. The van der Waals surface area contributed by atoms with Crippen LogP contribution in [0.5, 0.6) is 0 Å². The minimum atomic E-state index is -0.00279. The fraction of sp³-hybridized carbons (Fsp3) is 0.684. The van der Waals surface area contributed by atoms with Crippen molar-refractivity contribution in [1.29, 1.82) is 0 Å². The lowest BCUT2D eigenvalue weighted by atomic mass is 9.72. The Balaban J connectivity index is 1.72. The predicted octanol–water partition coefficient (Wildman–Crippen LogP) is 3.70. The predicted molar refractivity (Wildman–Crippen MR) is 91.9 cm³/mol. The van der Waals surface area contributed by atoms with Gasteiger partial charge in [-0.05, 0) is 37.5 Å². The molecule has 1 saturated heterocycles. The van der Waals surface area contributed by atoms with Crippen molar-refractivity contribution in [3.63, 3.8) is 0 Å². The summed E-state index contributed by atoms with van der Waals surface area (Å²) in [5.41, 5.74) is 0.947. The molecule has 5 heteroatoms. The number of rotatable bonds is 7. The molecule has 0 amide bonds. The fourth-order valence-electron chi connectivity index (χ4n) is 4.07. The highest BCUT2D eigenvalue weighted by Gasteiger charge is 2.46. The van der Waals surface area contributed by atoms with Crippen LogP contribution >= 0.6 is 0 Å². The van der Waals surface area contributed by atoms with Crippen LogP contribution in [-0.2, 0) is 14.4 Å². The third kappa shape index (κ3) is 3.72. The van der Waals surface area contributed by atoms with Crippen molar-refractivity contribution in [2.24, 2.45) is 17.0 Å². The molecule has 1 heterocycles. The summed E-state index contributed by atoms with van der Waals surface area (Å²) in [5, 5.41) is 14.6. The molecule has 0 aromatic carbocycles. The van der Waals surface area contributed by atoms with Crippen molar-refractivity contribution < 1.29 is 19.5 Å². The highest BCUT2D eigenvalue weighted by Crippen LogP contribution is 2.45. The molecule has 3 aliphatic rings. The fourth-order valence-corrected chi connectivity index (χ4v) is 4.07. The summed E-state index contributed by atoms with van der Waals surface area (Å²) >= 11 is 0. The van der Waals surface area contributed by atoms with Crippen molar-refractivity contribution in [3.8, 4) is 0 Å². The number of ketones is 1. The monoisotopic (exact) mass is 333 g/mol.